The van der Waals surface area contributed by atoms with Gasteiger partial charge in [0.1, 0.15) is 0 Å². The third kappa shape index (κ3) is 8.01. The van der Waals surface area contributed by atoms with E-state index in [0.717, 1.165) is 19.3 Å². The van der Waals surface area contributed by atoms with Crippen molar-refractivity contribution in [2.45, 2.75) is 38.7 Å². The number of rotatable bonds is 8. The van der Waals surface area contributed by atoms with Crippen LogP contribution in [0.15, 0.2) is 0 Å². The van der Waals surface area contributed by atoms with E-state index >= 15 is 0 Å². The highest BCUT2D eigenvalue weighted by molar-refractivity contribution is 5.68. The van der Waals surface area contributed by atoms with E-state index in [4.69, 9.17) is 9.84 Å². The molecule has 0 aliphatic rings. The molecule has 1 unspecified atom stereocenters. The van der Waals surface area contributed by atoms with Crippen LogP contribution in [-0.2, 0) is 14.3 Å². The minimum atomic E-state index is -0.158. The molecule has 4 heteroatoms. The van der Waals surface area contributed by atoms with Crippen molar-refractivity contribution < 1.29 is 19.4 Å². The molecule has 1 N–H and O–H groups in total. The molecule has 0 saturated carbocycles. The predicted octanol–water partition coefficient (Wildman–Crippen LogP) is 1.12. The molecule has 14 heavy (non-hydrogen) atoms. The Balaban J connectivity index is 3.10. The maximum absolute atomic E-state index is 10.7. The van der Waals surface area contributed by atoms with Crippen LogP contribution in [0.1, 0.15) is 32.6 Å². The summed E-state index contributed by atoms with van der Waals surface area (Å²) in [7, 11) is 1.40. The highest BCUT2D eigenvalue weighted by Crippen LogP contribution is 2.02. The summed E-state index contributed by atoms with van der Waals surface area (Å²) in [6.07, 6.45) is 3.10. The van der Waals surface area contributed by atoms with Crippen LogP contribution in [-0.4, -0.2) is 37.5 Å². The number of unbranched alkanes of at least 4 members (excludes halogenated alkanes) is 2. The molecule has 0 aliphatic carbocycles. The molecule has 84 valence electrons. The summed E-state index contributed by atoms with van der Waals surface area (Å²) in [4.78, 5) is 10.7. The molecule has 4 nitrogen and oxygen atoms in total. The largest absolute Gasteiger partial charge is 0.469 e. The highest BCUT2D eigenvalue weighted by atomic mass is 16.5. The third-order valence-corrected chi connectivity index (χ3v) is 1.91. The van der Waals surface area contributed by atoms with E-state index in [9.17, 15) is 4.79 Å². The first-order valence-corrected chi connectivity index (χ1v) is 5.00. The number of methoxy groups -OCH3 is 1. The van der Waals surface area contributed by atoms with E-state index in [0.29, 0.717) is 13.0 Å². The van der Waals surface area contributed by atoms with Crippen molar-refractivity contribution in [3.05, 3.63) is 0 Å². The summed E-state index contributed by atoms with van der Waals surface area (Å²) < 4.78 is 9.77. The van der Waals surface area contributed by atoms with E-state index in [1.165, 1.54) is 7.11 Å². The highest BCUT2D eigenvalue weighted by Gasteiger charge is 2.00. The molecule has 0 aromatic carbocycles. The number of carbonyl (C=O) groups excluding carboxylic acids is 1. The van der Waals surface area contributed by atoms with Crippen LogP contribution in [0, 0.1) is 0 Å². The van der Waals surface area contributed by atoms with E-state index in [2.05, 4.69) is 4.74 Å². The fourth-order valence-corrected chi connectivity index (χ4v) is 0.987. The zero-order valence-corrected chi connectivity index (χ0v) is 8.99. The lowest BCUT2D eigenvalue weighted by atomic mass is 10.2. The number of ether oxygens (including phenoxy) is 2. The first-order chi connectivity index (χ1) is 6.70. The topological polar surface area (TPSA) is 55.8 Å². The summed E-state index contributed by atoms with van der Waals surface area (Å²) in [5.41, 5.74) is 0. The SMILES string of the molecule is COC(=O)CCCCCOC(C)CO. The van der Waals surface area contributed by atoms with Gasteiger partial charge in [0.2, 0.25) is 0 Å². The van der Waals surface area contributed by atoms with Crippen LogP contribution >= 0.6 is 0 Å². The number of hydrogen-bond acceptors (Lipinski definition) is 4. The molecule has 0 aromatic heterocycles. The Hall–Kier alpha value is -0.610. The Morgan fingerprint density at radius 2 is 2.07 bits per heavy atom. The van der Waals surface area contributed by atoms with E-state index < -0.39 is 0 Å². The lowest BCUT2D eigenvalue weighted by molar-refractivity contribution is -0.140. The number of esters is 1. The van der Waals surface area contributed by atoms with Gasteiger partial charge >= 0.3 is 5.97 Å². The number of aliphatic hydroxyl groups is 1. The molecule has 0 heterocycles. The van der Waals surface area contributed by atoms with Gasteiger partial charge in [-0.05, 0) is 19.8 Å². The Kier molecular flexibility index (Phi) is 8.57. The molecule has 0 aliphatic heterocycles. The number of carbonyl (C=O) groups is 1. The molecule has 0 rings (SSSR count). The van der Waals surface area contributed by atoms with E-state index in [1.54, 1.807) is 0 Å². The molecule has 0 fully saturated rings. The molecule has 0 amide bonds. The summed E-state index contributed by atoms with van der Waals surface area (Å²) in [6.45, 7) is 2.53. The number of aliphatic hydroxyl groups excluding tert-OH is 1. The molecular formula is C10H20O4. The third-order valence-electron chi connectivity index (χ3n) is 1.91. The van der Waals surface area contributed by atoms with Gasteiger partial charge < -0.3 is 14.6 Å². The fraction of sp³-hybridized carbons (Fsp3) is 0.900. The van der Waals surface area contributed by atoms with Crippen molar-refractivity contribution in [1.82, 2.24) is 0 Å². The van der Waals surface area contributed by atoms with Gasteiger partial charge in [-0.25, -0.2) is 0 Å². The van der Waals surface area contributed by atoms with Gasteiger partial charge in [0.25, 0.3) is 0 Å². The second kappa shape index (κ2) is 8.97. The molecule has 0 radical (unpaired) electrons. The monoisotopic (exact) mass is 204 g/mol. The first kappa shape index (κ1) is 13.4. The van der Waals surface area contributed by atoms with Gasteiger partial charge in [-0.3, -0.25) is 4.79 Å². The van der Waals surface area contributed by atoms with Gasteiger partial charge in [0, 0.05) is 13.0 Å². The second-order valence-corrected chi connectivity index (χ2v) is 3.25. The van der Waals surface area contributed by atoms with Gasteiger partial charge in [-0.1, -0.05) is 6.42 Å². The minimum Gasteiger partial charge on any atom is -0.469 e. The zero-order chi connectivity index (χ0) is 10.8. The van der Waals surface area contributed by atoms with Crippen LogP contribution in [0.25, 0.3) is 0 Å². The fourth-order valence-electron chi connectivity index (χ4n) is 0.987. The maximum atomic E-state index is 10.7. The quantitative estimate of drug-likeness (QED) is 0.475. The Morgan fingerprint density at radius 1 is 1.36 bits per heavy atom. The van der Waals surface area contributed by atoms with Crippen LogP contribution in [0.2, 0.25) is 0 Å². The van der Waals surface area contributed by atoms with Gasteiger partial charge in [0.15, 0.2) is 0 Å². The lowest BCUT2D eigenvalue weighted by Gasteiger charge is -2.08. The van der Waals surface area contributed by atoms with E-state index in [1.807, 2.05) is 6.92 Å². The average molecular weight is 204 g/mol. The predicted molar refractivity (Wildman–Crippen MR) is 53.0 cm³/mol. The smallest absolute Gasteiger partial charge is 0.305 e. The van der Waals surface area contributed by atoms with Crippen LogP contribution < -0.4 is 0 Å². The van der Waals surface area contributed by atoms with Crippen molar-refractivity contribution in [2.75, 3.05) is 20.3 Å². The Labute approximate surface area is 85.2 Å². The summed E-state index contributed by atoms with van der Waals surface area (Å²) in [5, 5.41) is 8.66. The van der Waals surface area contributed by atoms with Crippen molar-refractivity contribution in [3.63, 3.8) is 0 Å². The molecule has 1 atom stereocenters. The molecule has 0 aromatic rings. The van der Waals surface area contributed by atoms with Crippen molar-refractivity contribution in [1.29, 1.82) is 0 Å². The van der Waals surface area contributed by atoms with Gasteiger partial charge in [-0.15, -0.1) is 0 Å². The molecular weight excluding hydrogens is 184 g/mol. The lowest BCUT2D eigenvalue weighted by Crippen LogP contribution is -2.13. The summed E-state index contributed by atoms with van der Waals surface area (Å²) in [5.74, 6) is -0.158. The maximum Gasteiger partial charge on any atom is 0.305 e. The summed E-state index contributed by atoms with van der Waals surface area (Å²) >= 11 is 0. The zero-order valence-electron chi connectivity index (χ0n) is 8.99. The normalized spacial score (nSPS) is 12.5. The van der Waals surface area contributed by atoms with Crippen molar-refractivity contribution >= 4 is 5.97 Å². The van der Waals surface area contributed by atoms with Gasteiger partial charge in [-0.2, -0.15) is 0 Å². The first-order valence-electron chi connectivity index (χ1n) is 5.00. The van der Waals surface area contributed by atoms with Crippen molar-refractivity contribution in [2.24, 2.45) is 0 Å². The van der Waals surface area contributed by atoms with Crippen LogP contribution in [0.5, 0.6) is 0 Å². The molecule has 0 saturated heterocycles. The average Bonchev–Trinajstić information content (AvgIpc) is 2.22. The second-order valence-electron chi connectivity index (χ2n) is 3.25. The summed E-state index contributed by atoms with van der Waals surface area (Å²) in [6, 6.07) is 0. The van der Waals surface area contributed by atoms with Crippen LogP contribution in [0.4, 0.5) is 0 Å². The van der Waals surface area contributed by atoms with E-state index in [-0.39, 0.29) is 18.7 Å². The van der Waals surface area contributed by atoms with Gasteiger partial charge in [0.05, 0.1) is 19.8 Å². The number of hydrogen-bond donors (Lipinski definition) is 1. The van der Waals surface area contributed by atoms with Crippen molar-refractivity contribution in [3.8, 4) is 0 Å². The Bertz CT molecular complexity index is 147. The Morgan fingerprint density at radius 3 is 2.64 bits per heavy atom. The molecule has 0 bridgehead atoms. The van der Waals surface area contributed by atoms with Crippen LogP contribution in [0.3, 0.4) is 0 Å². The minimum absolute atomic E-state index is 0.0577. The standard InChI is InChI=1S/C10H20O4/c1-9(8-11)14-7-5-3-4-6-10(12)13-2/h9,11H,3-8H2,1-2H3. The molecule has 0 spiro atoms.